The SMILES string of the molecule is COc1cc(Cl)cc(CC(C)N)c1OCCF. The van der Waals surface area contributed by atoms with Gasteiger partial charge >= 0.3 is 0 Å². The molecule has 0 heterocycles. The van der Waals surface area contributed by atoms with Gasteiger partial charge in [0.1, 0.15) is 13.3 Å². The van der Waals surface area contributed by atoms with Crippen molar-refractivity contribution >= 4 is 11.6 Å². The van der Waals surface area contributed by atoms with Crippen LogP contribution in [0.5, 0.6) is 11.5 Å². The Hall–Kier alpha value is -1.00. The van der Waals surface area contributed by atoms with Gasteiger partial charge in [0.15, 0.2) is 11.5 Å². The average molecular weight is 262 g/mol. The Morgan fingerprint density at radius 2 is 2.18 bits per heavy atom. The van der Waals surface area contributed by atoms with E-state index >= 15 is 0 Å². The fraction of sp³-hybridized carbons (Fsp3) is 0.500. The zero-order valence-corrected chi connectivity index (χ0v) is 10.8. The third-order valence-corrected chi connectivity index (χ3v) is 2.40. The molecule has 0 aliphatic heterocycles. The Bertz CT molecular complexity index is 372. The first-order valence-electron chi connectivity index (χ1n) is 5.39. The summed E-state index contributed by atoms with van der Waals surface area (Å²) in [6.45, 7) is 1.32. The van der Waals surface area contributed by atoms with Gasteiger partial charge in [-0.25, -0.2) is 4.39 Å². The quantitative estimate of drug-likeness (QED) is 0.856. The van der Waals surface area contributed by atoms with E-state index in [1.54, 1.807) is 12.1 Å². The molecule has 0 saturated carbocycles. The second kappa shape index (κ2) is 6.67. The molecule has 17 heavy (non-hydrogen) atoms. The summed E-state index contributed by atoms with van der Waals surface area (Å²) in [6.07, 6.45) is 0.596. The van der Waals surface area contributed by atoms with E-state index in [9.17, 15) is 4.39 Å². The molecular formula is C12H17ClFNO2. The third kappa shape index (κ3) is 4.06. The van der Waals surface area contributed by atoms with E-state index < -0.39 is 6.67 Å². The summed E-state index contributed by atoms with van der Waals surface area (Å²) in [5, 5.41) is 0.546. The lowest BCUT2D eigenvalue weighted by molar-refractivity contribution is 0.257. The first-order valence-corrected chi connectivity index (χ1v) is 5.77. The molecule has 0 bridgehead atoms. The number of benzene rings is 1. The van der Waals surface area contributed by atoms with Crippen molar-refractivity contribution in [3.8, 4) is 11.5 Å². The summed E-state index contributed by atoms with van der Waals surface area (Å²) in [4.78, 5) is 0. The van der Waals surface area contributed by atoms with E-state index in [1.807, 2.05) is 6.92 Å². The van der Waals surface area contributed by atoms with Gasteiger partial charge in [-0.05, 0) is 19.4 Å². The first-order chi connectivity index (χ1) is 8.08. The zero-order valence-electron chi connectivity index (χ0n) is 10.0. The standard InChI is InChI=1S/C12H17ClFNO2/c1-8(15)5-9-6-10(13)7-11(16-2)12(9)17-4-3-14/h6-8H,3-5,15H2,1-2H3. The predicted octanol–water partition coefficient (Wildman–Crippen LogP) is 2.59. The molecule has 1 unspecified atom stereocenters. The number of alkyl halides is 1. The van der Waals surface area contributed by atoms with Gasteiger partial charge in [0.25, 0.3) is 0 Å². The van der Waals surface area contributed by atoms with Crippen LogP contribution >= 0.6 is 11.6 Å². The van der Waals surface area contributed by atoms with Crippen LogP contribution in [-0.4, -0.2) is 26.4 Å². The molecule has 0 radical (unpaired) electrons. The molecule has 0 fully saturated rings. The van der Waals surface area contributed by atoms with Crippen LogP contribution in [0, 0.1) is 0 Å². The number of hydrogen-bond acceptors (Lipinski definition) is 3. The number of hydrogen-bond donors (Lipinski definition) is 1. The molecule has 0 saturated heterocycles. The van der Waals surface area contributed by atoms with Crippen molar-refractivity contribution in [2.24, 2.45) is 5.73 Å². The zero-order chi connectivity index (χ0) is 12.8. The van der Waals surface area contributed by atoms with Crippen LogP contribution in [0.3, 0.4) is 0 Å². The van der Waals surface area contributed by atoms with Gasteiger partial charge in [-0.15, -0.1) is 0 Å². The highest BCUT2D eigenvalue weighted by atomic mass is 35.5. The number of methoxy groups -OCH3 is 1. The molecule has 3 nitrogen and oxygen atoms in total. The number of ether oxygens (including phenoxy) is 2. The Morgan fingerprint density at radius 1 is 1.47 bits per heavy atom. The van der Waals surface area contributed by atoms with E-state index in [1.165, 1.54) is 7.11 Å². The maximum atomic E-state index is 12.2. The van der Waals surface area contributed by atoms with E-state index in [2.05, 4.69) is 0 Å². The highest BCUT2D eigenvalue weighted by Crippen LogP contribution is 2.35. The number of rotatable bonds is 6. The summed E-state index contributed by atoms with van der Waals surface area (Å²) in [5.74, 6) is 1.02. The van der Waals surface area contributed by atoms with E-state index in [4.69, 9.17) is 26.8 Å². The predicted molar refractivity (Wildman–Crippen MR) is 66.8 cm³/mol. The molecule has 0 aromatic heterocycles. The maximum Gasteiger partial charge on any atom is 0.164 e. The first kappa shape index (κ1) is 14.1. The van der Waals surface area contributed by atoms with Gasteiger partial charge in [-0.1, -0.05) is 11.6 Å². The third-order valence-electron chi connectivity index (χ3n) is 2.18. The molecule has 0 amide bonds. The van der Waals surface area contributed by atoms with E-state index in [0.717, 1.165) is 5.56 Å². The fourth-order valence-corrected chi connectivity index (χ4v) is 1.81. The van der Waals surface area contributed by atoms with E-state index in [-0.39, 0.29) is 12.6 Å². The molecule has 96 valence electrons. The van der Waals surface area contributed by atoms with Crippen LogP contribution in [0.1, 0.15) is 12.5 Å². The highest BCUT2D eigenvalue weighted by molar-refractivity contribution is 6.30. The molecule has 1 rings (SSSR count). The Labute approximate surface area is 106 Å². The molecular weight excluding hydrogens is 245 g/mol. The Kier molecular flexibility index (Phi) is 5.51. The summed E-state index contributed by atoms with van der Waals surface area (Å²) in [5.41, 5.74) is 6.58. The molecule has 5 heteroatoms. The fourth-order valence-electron chi connectivity index (χ4n) is 1.58. The van der Waals surface area contributed by atoms with Gasteiger partial charge in [-0.3, -0.25) is 0 Å². The number of halogens is 2. The van der Waals surface area contributed by atoms with Gasteiger partial charge < -0.3 is 15.2 Å². The average Bonchev–Trinajstić information content (AvgIpc) is 2.26. The molecule has 1 atom stereocenters. The lowest BCUT2D eigenvalue weighted by atomic mass is 10.1. The van der Waals surface area contributed by atoms with Crippen LogP contribution in [-0.2, 0) is 6.42 Å². The highest BCUT2D eigenvalue weighted by Gasteiger charge is 2.14. The van der Waals surface area contributed by atoms with Crippen LogP contribution in [0.4, 0.5) is 4.39 Å². The van der Waals surface area contributed by atoms with Crippen LogP contribution in [0.15, 0.2) is 12.1 Å². The molecule has 0 aliphatic carbocycles. The monoisotopic (exact) mass is 261 g/mol. The smallest absolute Gasteiger partial charge is 0.164 e. The summed E-state index contributed by atoms with van der Waals surface area (Å²) in [7, 11) is 1.52. The molecule has 1 aromatic carbocycles. The van der Waals surface area contributed by atoms with Gasteiger partial charge in [0, 0.05) is 22.7 Å². The van der Waals surface area contributed by atoms with Crippen LogP contribution in [0.2, 0.25) is 5.02 Å². The van der Waals surface area contributed by atoms with Gasteiger partial charge in [0.2, 0.25) is 0 Å². The second-order valence-corrected chi connectivity index (χ2v) is 4.25. The topological polar surface area (TPSA) is 44.5 Å². The minimum absolute atomic E-state index is 0.00998. The normalized spacial score (nSPS) is 12.3. The maximum absolute atomic E-state index is 12.2. The number of nitrogens with two attached hydrogens (primary N) is 1. The molecule has 1 aromatic rings. The lowest BCUT2D eigenvalue weighted by Crippen LogP contribution is -2.18. The summed E-state index contributed by atoms with van der Waals surface area (Å²) >= 11 is 5.97. The van der Waals surface area contributed by atoms with Crippen molar-refractivity contribution in [3.05, 3.63) is 22.7 Å². The Balaban J connectivity index is 3.08. The second-order valence-electron chi connectivity index (χ2n) is 3.82. The molecule has 2 N–H and O–H groups in total. The molecule has 0 aliphatic rings. The molecule has 0 spiro atoms. The lowest BCUT2D eigenvalue weighted by Gasteiger charge is -2.16. The largest absolute Gasteiger partial charge is 0.493 e. The summed E-state index contributed by atoms with van der Waals surface area (Å²) < 4.78 is 22.7. The van der Waals surface area contributed by atoms with Crippen LogP contribution < -0.4 is 15.2 Å². The van der Waals surface area contributed by atoms with Gasteiger partial charge in [-0.2, -0.15) is 0 Å². The van der Waals surface area contributed by atoms with Gasteiger partial charge in [0.05, 0.1) is 7.11 Å². The van der Waals surface area contributed by atoms with Crippen molar-refractivity contribution in [3.63, 3.8) is 0 Å². The van der Waals surface area contributed by atoms with Crippen molar-refractivity contribution in [1.29, 1.82) is 0 Å². The van der Waals surface area contributed by atoms with Crippen molar-refractivity contribution in [1.82, 2.24) is 0 Å². The van der Waals surface area contributed by atoms with Crippen LogP contribution in [0.25, 0.3) is 0 Å². The van der Waals surface area contributed by atoms with Crippen molar-refractivity contribution in [2.75, 3.05) is 20.4 Å². The van der Waals surface area contributed by atoms with Crippen molar-refractivity contribution < 1.29 is 13.9 Å². The minimum Gasteiger partial charge on any atom is -0.493 e. The summed E-state index contributed by atoms with van der Waals surface area (Å²) in [6, 6.07) is 3.37. The van der Waals surface area contributed by atoms with Crippen molar-refractivity contribution in [2.45, 2.75) is 19.4 Å². The minimum atomic E-state index is -0.552. The van der Waals surface area contributed by atoms with E-state index in [0.29, 0.717) is 22.9 Å². The Morgan fingerprint density at radius 3 is 2.71 bits per heavy atom.